The number of sulfonamides is 1. The number of hydrogen-bond donors (Lipinski definition) is 0. The van der Waals surface area contributed by atoms with E-state index in [1.165, 1.54) is 10.4 Å². The van der Waals surface area contributed by atoms with Crippen LogP contribution in [0.15, 0.2) is 28.2 Å². The van der Waals surface area contributed by atoms with Crippen LogP contribution < -0.4 is 0 Å². The Morgan fingerprint density at radius 2 is 2.05 bits per heavy atom. The summed E-state index contributed by atoms with van der Waals surface area (Å²) in [5.74, 6) is 0. The molecular formula is C11H14N4O3S. The molecule has 1 heterocycles. The van der Waals surface area contributed by atoms with Crippen molar-refractivity contribution in [2.75, 3.05) is 26.3 Å². The topological polar surface area (TPSA) is 95.4 Å². The zero-order chi connectivity index (χ0) is 13.9. The molecule has 0 aromatic heterocycles. The molecular weight excluding hydrogens is 268 g/mol. The average molecular weight is 282 g/mol. The molecule has 0 amide bonds. The maximum Gasteiger partial charge on any atom is 0.243 e. The molecule has 7 nitrogen and oxygen atoms in total. The van der Waals surface area contributed by atoms with Gasteiger partial charge in [-0.1, -0.05) is 17.2 Å². The van der Waals surface area contributed by atoms with Crippen LogP contribution in [0.1, 0.15) is 5.56 Å². The number of morpholine rings is 1. The first-order valence-corrected chi connectivity index (χ1v) is 7.23. The van der Waals surface area contributed by atoms with Gasteiger partial charge in [-0.05, 0) is 24.1 Å². The molecule has 1 aromatic rings. The average Bonchev–Trinajstić information content (AvgIpc) is 2.42. The summed E-state index contributed by atoms with van der Waals surface area (Å²) in [7, 11) is -3.56. The van der Waals surface area contributed by atoms with Gasteiger partial charge in [-0.2, -0.15) is 4.31 Å². The summed E-state index contributed by atoms with van der Waals surface area (Å²) in [6.07, 6.45) is 0. The summed E-state index contributed by atoms with van der Waals surface area (Å²) < 4.78 is 31.5. The number of ether oxygens (including phenoxy) is 1. The second-order valence-corrected chi connectivity index (χ2v) is 6.06. The van der Waals surface area contributed by atoms with Crippen molar-refractivity contribution in [3.63, 3.8) is 0 Å². The van der Waals surface area contributed by atoms with E-state index in [9.17, 15) is 8.42 Å². The molecule has 102 valence electrons. The number of azide groups is 1. The van der Waals surface area contributed by atoms with Crippen LogP contribution in [0.2, 0.25) is 0 Å². The highest BCUT2D eigenvalue weighted by Crippen LogP contribution is 2.25. The molecule has 1 saturated heterocycles. The van der Waals surface area contributed by atoms with Crippen molar-refractivity contribution in [3.05, 3.63) is 34.2 Å². The van der Waals surface area contributed by atoms with Gasteiger partial charge >= 0.3 is 0 Å². The molecule has 0 bridgehead atoms. The second kappa shape index (κ2) is 5.58. The molecule has 0 spiro atoms. The van der Waals surface area contributed by atoms with Gasteiger partial charge < -0.3 is 4.74 Å². The first kappa shape index (κ1) is 13.8. The van der Waals surface area contributed by atoms with Gasteiger partial charge in [-0.3, -0.25) is 0 Å². The highest BCUT2D eigenvalue weighted by molar-refractivity contribution is 7.89. The van der Waals surface area contributed by atoms with Gasteiger partial charge in [0, 0.05) is 23.7 Å². The quantitative estimate of drug-likeness (QED) is 0.481. The molecule has 0 unspecified atom stereocenters. The van der Waals surface area contributed by atoms with Gasteiger partial charge in [0.25, 0.3) is 0 Å². The molecule has 8 heteroatoms. The Kier molecular flexibility index (Phi) is 4.06. The maximum absolute atomic E-state index is 12.5. The van der Waals surface area contributed by atoms with E-state index in [1.54, 1.807) is 19.1 Å². The SMILES string of the molecule is Cc1ccc(N=[N+]=[N-])cc1S(=O)(=O)N1CCOCC1. The Balaban J connectivity index is 2.44. The molecule has 1 aliphatic heterocycles. The molecule has 0 saturated carbocycles. The predicted octanol–water partition coefficient (Wildman–Crippen LogP) is 1.96. The molecule has 1 aliphatic rings. The minimum atomic E-state index is -3.56. The van der Waals surface area contributed by atoms with Gasteiger partial charge in [0.2, 0.25) is 10.0 Å². The lowest BCUT2D eigenvalue weighted by atomic mass is 10.2. The minimum Gasteiger partial charge on any atom is -0.379 e. The molecule has 0 radical (unpaired) electrons. The maximum atomic E-state index is 12.5. The molecule has 0 N–H and O–H groups in total. The van der Waals surface area contributed by atoms with Crippen molar-refractivity contribution in [1.82, 2.24) is 4.31 Å². The summed E-state index contributed by atoms with van der Waals surface area (Å²) in [5, 5.41) is 3.44. The van der Waals surface area contributed by atoms with Crippen molar-refractivity contribution < 1.29 is 13.2 Å². The third-order valence-electron chi connectivity index (χ3n) is 2.92. The molecule has 1 aromatic carbocycles. The summed E-state index contributed by atoms with van der Waals surface area (Å²) in [6.45, 7) is 3.19. The number of nitrogens with zero attached hydrogens (tertiary/aromatic N) is 4. The summed E-state index contributed by atoms with van der Waals surface area (Å²) in [4.78, 5) is 2.85. The van der Waals surface area contributed by atoms with Crippen molar-refractivity contribution in [2.45, 2.75) is 11.8 Å². The van der Waals surface area contributed by atoms with Crippen LogP contribution in [0.3, 0.4) is 0 Å². The van der Waals surface area contributed by atoms with Crippen molar-refractivity contribution >= 4 is 15.7 Å². The lowest BCUT2D eigenvalue weighted by Crippen LogP contribution is -2.40. The minimum absolute atomic E-state index is 0.180. The van der Waals surface area contributed by atoms with Crippen LogP contribution in [-0.4, -0.2) is 39.0 Å². The van der Waals surface area contributed by atoms with Crippen LogP contribution >= 0.6 is 0 Å². The van der Waals surface area contributed by atoms with Gasteiger partial charge in [-0.15, -0.1) is 0 Å². The van der Waals surface area contributed by atoms with E-state index < -0.39 is 10.0 Å². The molecule has 0 aliphatic carbocycles. The Labute approximate surface area is 111 Å². The Bertz CT molecular complexity index is 617. The molecule has 0 atom stereocenters. The third-order valence-corrected chi connectivity index (χ3v) is 4.96. The largest absolute Gasteiger partial charge is 0.379 e. The zero-order valence-electron chi connectivity index (χ0n) is 10.5. The lowest BCUT2D eigenvalue weighted by Gasteiger charge is -2.26. The van der Waals surface area contributed by atoms with Crippen molar-refractivity contribution in [1.29, 1.82) is 0 Å². The predicted molar refractivity (Wildman–Crippen MR) is 69.6 cm³/mol. The fourth-order valence-electron chi connectivity index (χ4n) is 1.91. The van der Waals surface area contributed by atoms with E-state index in [0.29, 0.717) is 37.6 Å². The summed E-state index contributed by atoms with van der Waals surface area (Å²) >= 11 is 0. The van der Waals surface area contributed by atoms with Crippen LogP contribution in [0, 0.1) is 6.92 Å². The fraction of sp³-hybridized carbons (Fsp3) is 0.455. The standard InChI is InChI=1S/C11H14N4O3S/c1-9-2-3-10(13-14-12)8-11(9)19(16,17)15-4-6-18-7-5-15/h2-3,8H,4-7H2,1H3. The number of aryl methyl sites for hydroxylation is 1. The van der Waals surface area contributed by atoms with Gasteiger partial charge in [0.1, 0.15) is 0 Å². The van der Waals surface area contributed by atoms with E-state index in [0.717, 1.165) is 0 Å². The molecule has 1 fully saturated rings. The third kappa shape index (κ3) is 2.87. The van der Waals surface area contributed by atoms with E-state index in [-0.39, 0.29) is 4.90 Å². The van der Waals surface area contributed by atoms with E-state index in [1.807, 2.05) is 0 Å². The van der Waals surface area contributed by atoms with Gasteiger partial charge in [0.05, 0.1) is 18.1 Å². The van der Waals surface area contributed by atoms with Crippen molar-refractivity contribution in [2.24, 2.45) is 5.11 Å². The number of hydrogen-bond acceptors (Lipinski definition) is 4. The van der Waals surface area contributed by atoms with Crippen LogP contribution in [-0.2, 0) is 14.8 Å². The Morgan fingerprint density at radius 3 is 2.68 bits per heavy atom. The Morgan fingerprint density at radius 1 is 1.37 bits per heavy atom. The van der Waals surface area contributed by atoms with Crippen LogP contribution in [0.25, 0.3) is 10.4 Å². The first-order valence-electron chi connectivity index (χ1n) is 5.79. The van der Waals surface area contributed by atoms with E-state index in [4.69, 9.17) is 10.3 Å². The van der Waals surface area contributed by atoms with Crippen LogP contribution in [0.4, 0.5) is 5.69 Å². The number of rotatable bonds is 3. The monoisotopic (exact) mass is 282 g/mol. The lowest BCUT2D eigenvalue weighted by molar-refractivity contribution is 0.0730. The zero-order valence-corrected chi connectivity index (χ0v) is 11.3. The Hall–Kier alpha value is -1.60. The van der Waals surface area contributed by atoms with Gasteiger partial charge in [-0.25, -0.2) is 8.42 Å². The molecule has 2 rings (SSSR count). The normalized spacial score (nSPS) is 16.9. The highest BCUT2D eigenvalue weighted by atomic mass is 32.2. The number of benzene rings is 1. The van der Waals surface area contributed by atoms with E-state index >= 15 is 0 Å². The van der Waals surface area contributed by atoms with Gasteiger partial charge in [0.15, 0.2) is 0 Å². The first-order chi connectivity index (χ1) is 9.05. The second-order valence-electron chi connectivity index (χ2n) is 4.16. The molecule has 19 heavy (non-hydrogen) atoms. The van der Waals surface area contributed by atoms with E-state index in [2.05, 4.69) is 10.0 Å². The summed E-state index contributed by atoms with van der Waals surface area (Å²) in [6, 6.07) is 4.63. The highest BCUT2D eigenvalue weighted by Gasteiger charge is 2.27. The smallest absolute Gasteiger partial charge is 0.243 e. The van der Waals surface area contributed by atoms with Crippen LogP contribution in [0.5, 0.6) is 0 Å². The van der Waals surface area contributed by atoms with Crippen molar-refractivity contribution in [3.8, 4) is 0 Å². The fourth-order valence-corrected chi connectivity index (χ4v) is 3.56. The summed E-state index contributed by atoms with van der Waals surface area (Å²) in [5.41, 5.74) is 9.33.